The summed E-state index contributed by atoms with van der Waals surface area (Å²) in [6, 6.07) is 0. The van der Waals surface area contributed by atoms with E-state index < -0.39 is 7.82 Å². The Hall–Kier alpha value is -0.420. The van der Waals surface area contributed by atoms with Gasteiger partial charge in [-0.2, -0.15) is 0 Å². The van der Waals surface area contributed by atoms with Gasteiger partial charge in [0.1, 0.15) is 0 Å². The molecule has 0 rings (SSSR count). The van der Waals surface area contributed by atoms with Crippen LogP contribution in [0.15, 0.2) is 0 Å². The Kier molecular flexibility index (Phi) is 17.7. The van der Waals surface area contributed by atoms with Crippen molar-refractivity contribution in [2.24, 2.45) is 0 Å². The molecule has 156 valence electrons. The van der Waals surface area contributed by atoms with Gasteiger partial charge in [-0.25, -0.2) is 4.57 Å². The second kappa shape index (κ2) is 18.0. The first-order valence-electron chi connectivity index (χ1n) is 10.3. The number of carbonyl (C=O) groups excluding carboxylic acids is 1. The first kappa shape index (κ1) is 25.6. The molecule has 0 spiro atoms. The molecule has 0 heterocycles. The monoisotopic (exact) mass is 394 g/mol. The van der Waals surface area contributed by atoms with Gasteiger partial charge in [0, 0.05) is 12.8 Å². The smallest absolute Gasteiger partial charge is 0.466 e. The van der Waals surface area contributed by atoms with Crippen molar-refractivity contribution in [3.8, 4) is 0 Å². The van der Waals surface area contributed by atoms with E-state index in [1.807, 2.05) is 0 Å². The normalized spacial score (nSPS) is 11.7. The Balaban J connectivity index is 3.20. The minimum absolute atomic E-state index is 0.115. The van der Waals surface area contributed by atoms with E-state index in [0.29, 0.717) is 6.42 Å². The Morgan fingerprint density at radius 1 is 0.731 bits per heavy atom. The third-order valence-electron chi connectivity index (χ3n) is 4.30. The Morgan fingerprint density at radius 2 is 1.19 bits per heavy atom. The van der Waals surface area contributed by atoms with Gasteiger partial charge in [-0.05, 0) is 6.42 Å². The molecular formula is C19H39O6P. The summed E-state index contributed by atoms with van der Waals surface area (Å²) in [6.45, 7) is 2.27. The molecular weight excluding hydrogens is 355 g/mol. The van der Waals surface area contributed by atoms with Crippen molar-refractivity contribution >= 4 is 13.8 Å². The van der Waals surface area contributed by atoms with E-state index in [1.54, 1.807) is 0 Å². The summed E-state index contributed by atoms with van der Waals surface area (Å²) in [5.41, 5.74) is 0. The van der Waals surface area contributed by atoms with E-state index >= 15 is 0 Å². The zero-order valence-electron chi connectivity index (χ0n) is 16.5. The molecule has 0 saturated heterocycles. The van der Waals surface area contributed by atoms with Crippen molar-refractivity contribution < 1.29 is 28.4 Å². The minimum atomic E-state index is -4.41. The molecule has 0 amide bonds. The van der Waals surface area contributed by atoms with Crippen molar-refractivity contribution in [3.63, 3.8) is 0 Å². The molecule has 0 unspecified atom stereocenters. The van der Waals surface area contributed by atoms with Crippen molar-refractivity contribution in [2.45, 2.75) is 103 Å². The lowest BCUT2D eigenvalue weighted by molar-refractivity contribution is -0.144. The number of phosphoric ester groups is 1. The second-order valence-electron chi connectivity index (χ2n) is 6.89. The second-order valence-corrected chi connectivity index (χ2v) is 8.13. The fraction of sp³-hybridized carbons (Fsp3) is 0.947. The number of phosphoric acid groups is 1. The highest BCUT2D eigenvalue weighted by Gasteiger charge is 2.12. The van der Waals surface area contributed by atoms with Crippen LogP contribution < -0.4 is 0 Å². The van der Waals surface area contributed by atoms with Gasteiger partial charge in [0.25, 0.3) is 0 Å². The van der Waals surface area contributed by atoms with Crippen LogP contribution in [-0.2, 0) is 18.6 Å². The molecule has 0 aromatic rings. The van der Waals surface area contributed by atoms with Gasteiger partial charge in [-0.3, -0.25) is 9.32 Å². The summed E-state index contributed by atoms with van der Waals surface area (Å²) in [5.74, 6) is -0.246. The van der Waals surface area contributed by atoms with E-state index in [0.717, 1.165) is 12.8 Å². The molecule has 0 fully saturated rings. The molecule has 0 atom stereocenters. The Bertz CT molecular complexity index is 369. The van der Waals surface area contributed by atoms with Gasteiger partial charge in [-0.15, -0.1) is 0 Å². The van der Waals surface area contributed by atoms with Crippen LogP contribution in [-0.4, -0.2) is 29.0 Å². The molecule has 0 radical (unpaired) electrons. The van der Waals surface area contributed by atoms with Gasteiger partial charge in [0.2, 0.25) is 0 Å². The first-order valence-corrected chi connectivity index (χ1v) is 11.8. The summed E-state index contributed by atoms with van der Waals surface area (Å²) >= 11 is 0. The highest BCUT2D eigenvalue weighted by atomic mass is 31.2. The van der Waals surface area contributed by atoms with Gasteiger partial charge >= 0.3 is 13.8 Å². The fourth-order valence-corrected chi connectivity index (χ4v) is 3.15. The molecule has 2 N–H and O–H groups in total. The van der Waals surface area contributed by atoms with Crippen molar-refractivity contribution in [2.75, 3.05) is 13.2 Å². The van der Waals surface area contributed by atoms with Gasteiger partial charge in [0.15, 0.2) is 0 Å². The quantitative estimate of drug-likeness (QED) is 0.170. The molecule has 0 saturated carbocycles. The van der Waals surface area contributed by atoms with E-state index in [9.17, 15) is 9.36 Å². The molecule has 0 bridgehead atoms. The molecule has 0 aromatic heterocycles. The number of hydrogen-bond acceptors (Lipinski definition) is 4. The number of unbranched alkanes of at least 4 members (excludes halogenated alkanes) is 12. The summed E-state index contributed by atoms with van der Waals surface area (Å²) in [6.07, 6.45) is 17.2. The number of rotatable bonds is 19. The van der Waals surface area contributed by atoms with Crippen LogP contribution in [0.3, 0.4) is 0 Å². The SMILES string of the molecule is CCCCCCCCCCCCCCCC(=O)OCCCOP(=O)(O)O. The summed E-state index contributed by atoms with van der Waals surface area (Å²) in [7, 11) is -4.41. The molecule has 6 nitrogen and oxygen atoms in total. The van der Waals surface area contributed by atoms with E-state index in [4.69, 9.17) is 14.5 Å². The van der Waals surface area contributed by atoms with E-state index in [-0.39, 0.29) is 25.6 Å². The fourth-order valence-electron chi connectivity index (χ4n) is 2.79. The zero-order valence-corrected chi connectivity index (χ0v) is 17.4. The van der Waals surface area contributed by atoms with E-state index in [2.05, 4.69) is 11.4 Å². The van der Waals surface area contributed by atoms with Crippen molar-refractivity contribution in [1.29, 1.82) is 0 Å². The number of carbonyl (C=O) groups is 1. The summed E-state index contributed by atoms with van der Waals surface area (Å²) in [4.78, 5) is 28.5. The minimum Gasteiger partial charge on any atom is -0.466 e. The Labute approximate surface area is 159 Å². The highest BCUT2D eigenvalue weighted by Crippen LogP contribution is 2.35. The zero-order chi connectivity index (χ0) is 19.5. The number of esters is 1. The molecule has 0 aliphatic rings. The lowest BCUT2D eigenvalue weighted by Crippen LogP contribution is -2.07. The van der Waals surface area contributed by atoms with Crippen molar-refractivity contribution in [3.05, 3.63) is 0 Å². The molecule has 0 aliphatic heterocycles. The molecule has 7 heteroatoms. The molecule has 0 aliphatic carbocycles. The standard InChI is InChI=1S/C19H39O6P/c1-2-3-4-5-6-7-8-9-10-11-12-13-14-16-19(20)24-17-15-18-25-26(21,22)23/h2-18H2,1H3,(H2,21,22,23). The lowest BCUT2D eigenvalue weighted by Gasteiger charge is -2.06. The van der Waals surface area contributed by atoms with Crippen LogP contribution in [0.1, 0.15) is 103 Å². The van der Waals surface area contributed by atoms with Crippen LogP contribution in [0.4, 0.5) is 0 Å². The average Bonchev–Trinajstić information content (AvgIpc) is 2.57. The first-order chi connectivity index (χ1) is 12.5. The Morgan fingerprint density at radius 3 is 1.65 bits per heavy atom. The van der Waals surface area contributed by atoms with Gasteiger partial charge in [0.05, 0.1) is 13.2 Å². The van der Waals surface area contributed by atoms with Gasteiger partial charge in [-0.1, -0.05) is 84.0 Å². The topological polar surface area (TPSA) is 93.1 Å². The maximum Gasteiger partial charge on any atom is 0.469 e. The summed E-state index contributed by atoms with van der Waals surface area (Å²) < 4.78 is 19.7. The maximum atomic E-state index is 11.5. The van der Waals surface area contributed by atoms with Crippen LogP contribution in [0, 0.1) is 0 Å². The van der Waals surface area contributed by atoms with Crippen LogP contribution in [0.5, 0.6) is 0 Å². The highest BCUT2D eigenvalue weighted by molar-refractivity contribution is 7.46. The summed E-state index contributed by atoms with van der Waals surface area (Å²) in [5, 5.41) is 0. The van der Waals surface area contributed by atoms with Crippen molar-refractivity contribution in [1.82, 2.24) is 0 Å². The number of ether oxygens (including phenoxy) is 1. The van der Waals surface area contributed by atoms with Gasteiger partial charge < -0.3 is 14.5 Å². The third kappa shape index (κ3) is 21.6. The average molecular weight is 394 g/mol. The largest absolute Gasteiger partial charge is 0.469 e. The number of hydrogen-bond donors (Lipinski definition) is 2. The predicted molar refractivity (Wildman–Crippen MR) is 104 cm³/mol. The van der Waals surface area contributed by atoms with E-state index in [1.165, 1.54) is 70.6 Å². The molecule has 0 aromatic carbocycles. The maximum absolute atomic E-state index is 11.5. The third-order valence-corrected chi connectivity index (χ3v) is 4.81. The van der Waals surface area contributed by atoms with Crippen LogP contribution in [0.25, 0.3) is 0 Å². The molecule has 26 heavy (non-hydrogen) atoms. The van der Waals surface area contributed by atoms with Crippen LogP contribution in [0.2, 0.25) is 0 Å². The lowest BCUT2D eigenvalue weighted by atomic mass is 10.0. The predicted octanol–water partition coefficient (Wildman–Crippen LogP) is 5.51. The van der Waals surface area contributed by atoms with Crippen LogP contribution >= 0.6 is 7.82 Å².